The molecular weight excluding hydrogens is 202 g/mol. The molecule has 0 saturated carbocycles. The molecule has 0 heterocycles. The van der Waals surface area contributed by atoms with Crippen LogP contribution in [0.3, 0.4) is 0 Å². The maximum absolute atomic E-state index is 9.57. The normalized spacial score (nSPS) is 10.0. The fraction of sp³-hybridized carbons (Fsp3) is 0.0769. The lowest BCUT2D eigenvalue weighted by Gasteiger charge is -2.08. The molecule has 82 valence electrons. The van der Waals surface area contributed by atoms with E-state index in [4.69, 9.17) is 5.11 Å². The standard InChI is InChI=1S/C13H13NO2/c15-12-7-6-10(13(16)8-12)9-14-11-4-2-1-3-5-11/h1-8,14-16H,9H2. The minimum atomic E-state index is 0.0703. The topological polar surface area (TPSA) is 52.5 Å². The second-order valence-corrected chi connectivity index (χ2v) is 3.53. The molecule has 0 aliphatic rings. The number of nitrogens with one attached hydrogen (secondary N) is 1. The predicted octanol–water partition coefficient (Wildman–Crippen LogP) is 2.71. The highest BCUT2D eigenvalue weighted by Gasteiger charge is 2.01. The molecular formula is C13H13NO2. The molecule has 2 aromatic rings. The van der Waals surface area contributed by atoms with Crippen LogP contribution in [0.1, 0.15) is 5.56 Å². The Balaban J connectivity index is 2.05. The molecule has 2 rings (SSSR count). The van der Waals surface area contributed by atoms with E-state index in [-0.39, 0.29) is 11.5 Å². The molecule has 0 aliphatic heterocycles. The van der Waals surface area contributed by atoms with E-state index in [1.165, 1.54) is 6.07 Å². The van der Waals surface area contributed by atoms with Gasteiger partial charge >= 0.3 is 0 Å². The Kier molecular flexibility index (Phi) is 2.96. The molecule has 2 aromatic carbocycles. The van der Waals surface area contributed by atoms with Gasteiger partial charge < -0.3 is 15.5 Å². The number of benzene rings is 2. The summed E-state index contributed by atoms with van der Waals surface area (Å²) < 4.78 is 0. The van der Waals surface area contributed by atoms with Gasteiger partial charge in [-0.15, -0.1) is 0 Å². The van der Waals surface area contributed by atoms with E-state index in [2.05, 4.69) is 5.32 Å². The Morgan fingerprint density at radius 3 is 2.38 bits per heavy atom. The molecule has 0 saturated heterocycles. The summed E-state index contributed by atoms with van der Waals surface area (Å²) in [5, 5.41) is 21.9. The fourth-order valence-electron chi connectivity index (χ4n) is 1.46. The van der Waals surface area contributed by atoms with Crippen molar-refractivity contribution in [3.8, 4) is 11.5 Å². The maximum atomic E-state index is 9.57. The van der Waals surface area contributed by atoms with Gasteiger partial charge in [0, 0.05) is 23.9 Å². The van der Waals surface area contributed by atoms with Crippen molar-refractivity contribution in [2.75, 3.05) is 5.32 Å². The number of rotatable bonds is 3. The molecule has 16 heavy (non-hydrogen) atoms. The van der Waals surface area contributed by atoms with Crippen LogP contribution in [0.4, 0.5) is 5.69 Å². The van der Waals surface area contributed by atoms with E-state index >= 15 is 0 Å². The first-order valence-electron chi connectivity index (χ1n) is 5.05. The van der Waals surface area contributed by atoms with Crippen molar-refractivity contribution in [1.82, 2.24) is 0 Å². The number of aromatic hydroxyl groups is 2. The van der Waals surface area contributed by atoms with Crippen molar-refractivity contribution in [2.24, 2.45) is 0 Å². The molecule has 0 bridgehead atoms. The summed E-state index contributed by atoms with van der Waals surface area (Å²) in [5.41, 5.74) is 1.75. The SMILES string of the molecule is Oc1ccc(CNc2ccccc2)c(O)c1. The van der Waals surface area contributed by atoms with Crippen LogP contribution >= 0.6 is 0 Å². The minimum Gasteiger partial charge on any atom is -0.508 e. The van der Waals surface area contributed by atoms with E-state index in [1.807, 2.05) is 30.3 Å². The predicted molar refractivity (Wildman–Crippen MR) is 63.5 cm³/mol. The van der Waals surface area contributed by atoms with Gasteiger partial charge in [-0.3, -0.25) is 0 Å². The summed E-state index contributed by atoms with van der Waals surface area (Å²) in [6.45, 7) is 0.524. The van der Waals surface area contributed by atoms with Crippen LogP contribution in [0.15, 0.2) is 48.5 Å². The van der Waals surface area contributed by atoms with E-state index in [0.717, 1.165) is 11.3 Å². The molecule has 3 nitrogen and oxygen atoms in total. The Morgan fingerprint density at radius 2 is 1.69 bits per heavy atom. The number of hydrogen-bond donors (Lipinski definition) is 3. The highest BCUT2D eigenvalue weighted by atomic mass is 16.3. The van der Waals surface area contributed by atoms with E-state index < -0.39 is 0 Å². The highest BCUT2D eigenvalue weighted by Crippen LogP contribution is 2.23. The van der Waals surface area contributed by atoms with Gasteiger partial charge in [-0.2, -0.15) is 0 Å². The Labute approximate surface area is 94.0 Å². The van der Waals surface area contributed by atoms with E-state index in [9.17, 15) is 5.11 Å². The zero-order valence-electron chi connectivity index (χ0n) is 8.72. The fourth-order valence-corrected chi connectivity index (χ4v) is 1.46. The number of phenols is 2. The quantitative estimate of drug-likeness (QED) is 0.737. The average Bonchev–Trinajstić information content (AvgIpc) is 2.29. The first-order chi connectivity index (χ1) is 7.75. The zero-order chi connectivity index (χ0) is 11.4. The van der Waals surface area contributed by atoms with Gasteiger partial charge in [-0.25, -0.2) is 0 Å². The smallest absolute Gasteiger partial charge is 0.124 e. The van der Waals surface area contributed by atoms with Crippen molar-refractivity contribution in [3.05, 3.63) is 54.1 Å². The molecule has 0 spiro atoms. The molecule has 3 heteroatoms. The molecule has 3 N–H and O–H groups in total. The first kappa shape index (κ1) is 10.4. The van der Waals surface area contributed by atoms with Crippen LogP contribution in [0, 0.1) is 0 Å². The number of anilines is 1. The average molecular weight is 215 g/mol. The van der Waals surface area contributed by atoms with Crippen molar-refractivity contribution in [1.29, 1.82) is 0 Å². The number of para-hydroxylation sites is 1. The Bertz CT molecular complexity index is 469. The lowest BCUT2D eigenvalue weighted by Crippen LogP contribution is -1.99. The van der Waals surface area contributed by atoms with Crippen LogP contribution in [0.25, 0.3) is 0 Å². The number of phenolic OH excluding ortho intramolecular Hbond substituents is 2. The van der Waals surface area contributed by atoms with Crippen molar-refractivity contribution >= 4 is 5.69 Å². The molecule has 0 aliphatic carbocycles. The lowest BCUT2D eigenvalue weighted by atomic mass is 10.2. The Hall–Kier alpha value is -2.16. The second-order valence-electron chi connectivity index (χ2n) is 3.53. The van der Waals surface area contributed by atoms with Gasteiger partial charge in [-0.05, 0) is 24.3 Å². The van der Waals surface area contributed by atoms with Crippen molar-refractivity contribution in [3.63, 3.8) is 0 Å². The third-order valence-electron chi connectivity index (χ3n) is 2.33. The summed E-state index contributed by atoms with van der Waals surface area (Å²) in [5.74, 6) is 0.171. The first-order valence-corrected chi connectivity index (χ1v) is 5.05. The van der Waals surface area contributed by atoms with E-state index in [0.29, 0.717) is 6.54 Å². The lowest BCUT2D eigenvalue weighted by molar-refractivity contribution is 0.446. The Morgan fingerprint density at radius 1 is 0.938 bits per heavy atom. The zero-order valence-corrected chi connectivity index (χ0v) is 8.72. The van der Waals surface area contributed by atoms with Gasteiger partial charge in [0.25, 0.3) is 0 Å². The minimum absolute atomic E-state index is 0.0703. The van der Waals surface area contributed by atoms with Crippen LogP contribution < -0.4 is 5.32 Å². The van der Waals surface area contributed by atoms with E-state index in [1.54, 1.807) is 12.1 Å². The van der Waals surface area contributed by atoms with Crippen LogP contribution in [0.2, 0.25) is 0 Å². The van der Waals surface area contributed by atoms with Crippen molar-refractivity contribution in [2.45, 2.75) is 6.54 Å². The van der Waals surface area contributed by atoms with Crippen LogP contribution in [-0.4, -0.2) is 10.2 Å². The largest absolute Gasteiger partial charge is 0.508 e. The molecule has 0 fully saturated rings. The maximum Gasteiger partial charge on any atom is 0.124 e. The summed E-state index contributed by atoms with van der Waals surface area (Å²) >= 11 is 0. The molecule has 0 atom stereocenters. The summed E-state index contributed by atoms with van der Waals surface area (Å²) in [4.78, 5) is 0. The summed E-state index contributed by atoms with van der Waals surface area (Å²) in [6, 6.07) is 14.3. The molecule has 0 aromatic heterocycles. The van der Waals surface area contributed by atoms with Gasteiger partial charge in [-0.1, -0.05) is 18.2 Å². The third-order valence-corrected chi connectivity index (χ3v) is 2.33. The van der Waals surface area contributed by atoms with Crippen molar-refractivity contribution < 1.29 is 10.2 Å². The van der Waals surface area contributed by atoms with Gasteiger partial charge in [0.2, 0.25) is 0 Å². The highest BCUT2D eigenvalue weighted by molar-refractivity contribution is 5.46. The molecule has 0 unspecified atom stereocenters. The molecule has 0 amide bonds. The van der Waals surface area contributed by atoms with Gasteiger partial charge in [0.05, 0.1) is 0 Å². The third kappa shape index (κ3) is 2.45. The summed E-state index contributed by atoms with van der Waals surface area (Å²) in [6.07, 6.45) is 0. The molecule has 0 radical (unpaired) electrons. The van der Waals surface area contributed by atoms with Crippen LogP contribution in [-0.2, 0) is 6.54 Å². The number of hydrogen-bond acceptors (Lipinski definition) is 3. The monoisotopic (exact) mass is 215 g/mol. The van der Waals surface area contributed by atoms with Crippen LogP contribution in [0.5, 0.6) is 11.5 Å². The second kappa shape index (κ2) is 4.57. The summed E-state index contributed by atoms with van der Waals surface area (Å²) in [7, 11) is 0. The van der Waals surface area contributed by atoms with Gasteiger partial charge in [0.15, 0.2) is 0 Å². The van der Waals surface area contributed by atoms with Gasteiger partial charge in [0.1, 0.15) is 11.5 Å².